The Kier molecular flexibility index (Phi) is 9.95. The molecule has 11 heteroatoms. The van der Waals surface area contributed by atoms with Crippen LogP contribution in [0.15, 0.2) is 103 Å². The Morgan fingerprint density at radius 3 is 2.22 bits per heavy atom. The van der Waals surface area contributed by atoms with Crippen LogP contribution in [0.2, 0.25) is 18.6 Å². The first-order valence-electron chi connectivity index (χ1n) is 16.9. The zero-order valence-corrected chi connectivity index (χ0v) is 29.6. The van der Waals surface area contributed by atoms with Crippen molar-refractivity contribution in [3.05, 3.63) is 125 Å². The molecule has 4 aromatic rings. The van der Waals surface area contributed by atoms with Crippen LogP contribution in [0.3, 0.4) is 0 Å². The Balaban J connectivity index is 1.38. The summed E-state index contributed by atoms with van der Waals surface area (Å²) in [7, 11) is -3.07. The zero-order valence-electron chi connectivity index (χ0n) is 28.6. The normalized spacial score (nSPS) is 21.3. The van der Waals surface area contributed by atoms with E-state index in [0.29, 0.717) is 34.7 Å². The SMILES string of the molecule is C[C@H]1[C@H]([Si](C)(C)O)[C@@H](CC(=O)N(CCO)Cc2ccccc2)O[C@]12C(=O)N(Cc1ccccc1)c1ccc(NC(=O)c3ccc(N)cc3)cc12. The van der Waals surface area contributed by atoms with E-state index in [1.165, 1.54) is 0 Å². The van der Waals surface area contributed by atoms with Gasteiger partial charge in [-0.15, -0.1) is 0 Å². The third-order valence-electron chi connectivity index (χ3n) is 9.91. The second-order valence-corrected chi connectivity index (χ2v) is 17.7. The molecule has 1 fully saturated rings. The lowest BCUT2D eigenvalue weighted by Crippen LogP contribution is -2.46. The Bertz CT molecular complexity index is 1850. The lowest BCUT2D eigenvalue weighted by atomic mass is 9.82. The molecule has 0 bridgehead atoms. The van der Waals surface area contributed by atoms with Gasteiger partial charge in [-0.25, -0.2) is 0 Å². The maximum Gasteiger partial charge on any atom is 0.264 e. The van der Waals surface area contributed by atoms with E-state index in [9.17, 15) is 24.3 Å². The summed E-state index contributed by atoms with van der Waals surface area (Å²) in [6.45, 7) is 6.07. The van der Waals surface area contributed by atoms with Crippen LogP contribution in [0.4, 0.5) is 17.1 Å². The molecule has 10 nitrogen and oxygen atoms in total. The molecule has 0 unspecified atom stereocenters. The van der Waals surface area contributed by atoms with Gasteiger partial charge in [-0.1, -0.05) is 67.6 Å². The predicted molar refractivity (Wildman–Crippen MR) is 196 cm³/mol. The van der Waals surface area contributed by atoms with Gasteiger partial charge in [0.1, 0.15) is 0 Å². The fraction of sp³-hybridized carbons (Fsp3) is 0.308. The second-order valence-electron chi connectivity index (χ2n) is 13.8. The van der Waals surface area contributed by atoms with Crippen molar-refractivity contribution in [1.82, 2.24) is 4.90 Å². The summed E-state index contributed by atoms with van der Waals surface area (Å²) in [6.07, 6.45) is -0.849. The first-order valence-corrected chi connectivity index (χ1v) is 19.9. The van der Waals surface area contributed by atoms with Gasteiger partial charge in [-0.3, -0.25) is 14.4 Å². The number of hydrogen-bond donors (Lipinski definition) is 4. The molecule has 3 amide bonds. The number of benzene rings is 4. The topological polar surface area (TPSA) is 145 Å². The molecule has 0 saturated carbocycles. The Morgan fingerprint density at radius 1 is 0.960 bits per heavy atom. The monoisotopic (exact) mass is 692 g/mol. The minimum absolute atomic E-state index is 0.0740. The molecule has 260 valence electrons. The van der Waals surface area contributed by atoms with Gasteiger partial charge in [0.05, 0.1) is 31.4 Å². The standard InChI is InChI=1S/C39H44N4O6Si/c1-26-36(50(2,3)48)34(23-35(45)42(20-21-44)24-27-10-6-4-7-11-27)49-39(26)32-22-31(41-37(46)29-14-16-30(40)17-15-29)18-19-33(32)43(38(39)47)25-28-12-8-5-9-13-28/h4-19,22,26,34,36,44,48H,20-21,23-25,40H2,1-3H3,(H,41,46)/t26-,34+,36-,39+/m0/s1. The molecular weight excluding hydrogens is 649 g/mol. The van der Waals surface area contributed by atoms with Crippen molar-refractivity contribution < 1.29 is 29.0 Å². The number of nitrogens with two attached hydrogens (primary N) is 1. The van der Waals surface area contributed by atoms with Gasteiger partial charge < -0.3 is 35.5 Å². The maximum atomic E-state index is 14.9. The first kappa shape index (κ1) is 35.0. The molecule has 5 N–H and O–H groups in total. The van der Waals surface area contributed by atoms with E-state index in [2.05, 4.69) is 5.32 Å². The van der Waals surface area contributed by atoms with E-state index in [0.717, 1.165) is 11.1 Å². The number of rotatable bonds is 11. The summed E-state index contributed by atoms with van der Waals surface area (Å²) in [5.41, 5.74) is 8.33. The fourth-order valence-corrected chi connectivity index (χ4v) is 10.2. The molecule has 2 aliphatic rings. The molecule has 2 heterocycles. The fourth-order valence-electron chi connectivity index (χ4n) is 7.63. The number of nitrogens with zero attached hydrogens (tertiary/aromatic N) is 2. The van der Waals surface area contributed by atoms with E-state index in [-0.39, 0.29) is 43.8 Å². The van der Waals surface area contributed by atoms with Crippen LogP contribution in [0.5, 0.6) is 0 Å². The van der Waals surface area contributed by atoms with Crippen molar-refractivity contribution in [1.29, 1.82) is 0 Å². The van der Waals surface area contributed by atoms with Crippen molar-refractivity contribution >= 4 is 43.1 Å². The van der Waals surface area contributed by atoms with Crippen LogP contribution in [0.25, 0.3) is 0 Å². The van der Waals surface area contributed by atoms with E-state index in [1.807, 2.05) is 86.7 Å². The van der Waals surface area contributed by atoms with Gasteiger partial charge in [0, 0.05) is 47.1 Å². The molecule has 0 aromatic heterocycles. The number of carbonyl (C=O) groups is 3. The summed E-state index contributed by atoms with van der Waals surface area (Å²) in [5.74, 6) is -1.36. The van der Waals surface area contributed by atoms with Crippen LogP contribution in [-0.2, 0) is 33.0 Å². The molecule has 0 aliphatic carbocycles. The summed E-state index contributed by atoms with van der Waals surface area (Å²) in [5, 5.41) is 12.8. The number of ether oxygens (including phenoxy) is 1. The van der Waals surface area contributed by atoms with E-state index in [4.69, 9.17) is 10.5 Å². The minimum Gasteiger partial charge on any atom is -0.432 e. The summed E-state index contributed by atoms with van der Waals surface area (Å²) < 4.78 is 6.92. The van der Waals surface area contributed by atoms with Gasteiger partial charge in [0.2, 0.25) is 5.91 Å². The number of fused-ring (bicyclic) bond motifs is 2. The highest BCUT2D eigenvalue weighted by Crippen LogP contribution is 2.60. The minimum atomic E-state index is -3.07. The molecule has 50 heavy (non-hydrogen) atoms. The van der Waals surface area contributed by atoms with Crippen LogP contribution in [0, 0.1) is 5.92 Å². The highest BCUT2D eigenvalue weighted by Gasteiger charge is 2.66. The van der Waals surface area contributed by atoms with Gasteiger partial charge in [0.15, 0.2) is 13.9 Å². The highest BCUT2D eigenvalue weighted by atomic mass is 28.4. The van der Waals surface area contributed by atoms with Crippen LogP contribution in [-0.4, -0.2) is 60.1 Å². The molecule has 4 aromatic carbocycles. The van der Waals surface area contributed by atoms with Crippen LogP contribution < -0.4 is 16.0 Å². The molecule has 1 spiro atoms. The van der Waals surface area contributed by atoms with Gasteiger partial charge in [0.25, 0.3) is 11.8 Å². The maximum absolute atomic E-state index is 14.9. The average Bonchev–Trinajstić information content (AvgIpc) is 3.51. The van der Waals surface area contributed by atoms with Gasteiger partial charge in [-0.2, -0.15) is 0 Å². The molecule has 1 saturated heterocycles. The first-order chi connectivity index (χ1) is 23.9. The number of carbonyl (C=O) groups excluding carboxylic acids is 3. The third-order valence-corrected chi connectivity index (χ3v) is 12.4. The number of anilines is 3. The second kappa shape index (κ2) is 14.2. The van der Waals surface area contributed by atoms with Crippen LogP contribution in [0.1, 0.15) is 40.4 Å². The largest absolute Gasteiger partial charge is 0.432 e. The van der Waals surface area contributed by atoms with Gasteiger partial charge >= 0.3 is 0 Å². The number of aliphatic hydroxyl groups is 1. The lowest BCUT2D eigenvalue weighted by molar-refractivity contribution is -0.150. The van der Waals surface area contributed by atoms with Crippen molar-refractivity contribution in [3.63, 3.8) is 0 Å². The van der Waals surface area contributed by atoms with Crippen molar-refractivity contribution in [2.24, 2.45) is 5.92 Å². The quantitative estimate of drug-likeness (QED) is 0.124. The Morgan fingerprint density at radius 2 is 1.60 bits per heavy atom. The number of hydrogen-bond acceptors (Lipinski definition) is 7. The number of nitrogen functional groups attached to an aromatic ring is 1. The number of aliphatic hydroxyl groups excluding tert-OH is 1. The van der Waals surface area contributed by atoms with Gasteiger partial charge in [-0.05, 0) is 66.7 Å². The molecule has 4 atom stereocenters. The average molecular weight is 693 g/mol. The Hall–Kier alpha value is -4.81. The number of nitrogens with one attached hydrogen (secondary N) is 1. The third kappa shape index (κ3) is 6.82. The molecule has 0 radical (unpaired) electrons. The zero-order chi connectivity index (χ0) is 35.6. The van der Waals surface area contributed by atoms with Crippen molar-refractivity contribution in [2.45, 2.75) is 56.8 Å². The summed E-state index contributed by atoms with van der Waals surface area (Å²) >= 11 is 0. The molecule has 2 aliphatic heterocycles. The Labute approximate surface area is 293 Å². The van der Waals surface area contributed by atoms with Crippen molar-refractivity contribution in [3.8, 4) is 0 Å². The van der Waals surface area contributed by atoms with E-state index < -0.39 is 31.5 Å². The summed E-state index contributed by atoms with van der Waals surface area (Å²) in [6, 6.07) is 31.2. The number of amides is 3. The van der Waals surface area contributed by atoms with E-state index >= 15 is 0 Å². The molecular formula is C39H44N4O6Si. The summed E-state index contributed by atoms with van der Waals surface area (Å²) in [4.78, 5) is 57.1. The highest BCUT2D eigenvalue weighted by molar-refractivity contribution is 6.71. The predicted octanol–water partition coefficient (Wildman–Crippen LogP) is 5.28. The smallest absolute Gasteiger partial charge is 0.264 e. The van der Waals surface area contributed by atoms with Crippen LogP contribution >= 0.6 is 0 Å². The lowest BCUT2D eigenvalue weighted by Gasteiger charge is -2.32. The van der Waals surface area contributed by atoms with Crippen molar-refractivity contribution in [2.75, 3.05) is 29.1 Å². The molecule has 6 rings (SSSR count). The van der Waals surface area contributed by atoms with E-state index in [1.54, 1.807) is 46.2 Å².